The van der Waals surface area contributed by atoms with Crippen molar-refractivity contribution >= 4 is 0 Å². The highest BCUT2D eigenvalue weighted by atomic mass is 15.1. The summed E-state index contributed by atoms with van der Waals surface area (Å²) in [5.41, 5.74) is 3.61. The Labute approximate surface area is 187 Å². The van der Waals surface area contributed by atoms with Gasteiger partial charge in [-0.2, -0.15) is 0 Å². The molecule has 172 valence electrons. The van der Waals surface area contributed by atoms with Gasteiger partial charge in [-0.25, -0.2) is 0 Å². The number of hydrogen-bond acceptors (Lipinski definition) is 3. The van der Waals surface area contributed by atoms with Crippen molar-refractivity contribution in [3.05, 3.63) is 23.8 Å². The Morgan fingerprint density at radius 2 is 1.23 bits per heavy atom. The Morgan fingerprint density at radius 1 is 0.800 bits per heavy atom. The van der Waals surface area contributed by atoms with Crippen LogP contribution in [0, 0.1) is 23.2 Å². The average molecular weight is 416 g/mol. The fourth-order valence-electron chi connectivity index (χ4n) is 6.16. The number of piperidine rings is 3. The van der Waals surface area contributed by atoms with Crippen molar-refractivity contribution < 1.29 is 0 Å². The van der Waals surface area contributed by atoms with Crippen LogP contribution in [-0.4, -0.2) is 75.1 Å². The summed E-state index contributed by atoms with van der Waals surface area (Å²) in [6, 6.07) is 0. The van der Waals surface area contributed by atoms with Crippen LogP contribution in [0.1, 0.15) is 65.2 Å². The Kier molecular flexibility index (Phi) is 8.63. The minimum absolute atomic E-state index is 0.434. The van der Waals surface area contributed by atoms with Crippen LogP contribution in [0.25, 0.3) is 0 Å². The fraction of sp³-hybridized carbons (Fsp3) is 0.852. The SMILES string of the molecule is C=C(/C=C(\CC(C)(CC)C1CCN(C)CC1)C1CCN(C)CC1)C1CCN(C)CC1. The molecule has 0 N–H and O–H groups in total. The molecule has 30 heavy (non-hydrogen) atoms. The Bertz CT molecular complexity index is 573. The van der Waals surface area contributed by atoms with E-state index in [9.17, 15) is 0 Å². The van der Waals surface area contributed by atoms with Crippen LogP contribution in [0.15, 0.2) is 23.8 Å². The lowest BCUT2D eigenvalue weighted by atomic mass is 9.65. The Balaban J connectivity index is 1.77. The predicted octanol–water partition coefficient (Wildman–Crippen LogP) is 5.30. The van der Waals surface area contributed by atoms with Gasteiger partial charge in [0.25, 0.3) is 0 Å². The molecule has 0 saturated carbocycles. The quantitative estimate of drug-likeness (QED) is 0.522. The molecular weight excluding hydrogens is 366 g/mol. The van der Waals surface area contributed by atoms with Crippen LogP contribution in [0.3, 0.4) is 0 Å². The molecule has 0 aromatic rings. The second kappa shape index (κ2) is 10.8. The smallest absolute Gasteiger partial charge is 0.00160 e. The summed E-state index contributed by atoms with van der Waals surface area (Å²) in [7, 11) is 6.83. The lowest BCUT2D eigenvalue weighted by molar-refractivity contribution is 0.0911. The zero-order valence-electron chi connectivity index (χ0n) is 20.8. The van der Waals surface area contributed by atoms with Crippen molar-refractivity contribution in [2.24, 2.45) is 23.2 Å². The number of rotatable bonds is 7. The summed E-state index contributed by atoms with van der Waals surface area (Å²) < 4.78 is 0. The molecule has 3 aliphatic heterocycles. The van der Waals surface area contributed by atoms with E-state index in [1.54, 1.807) is 5.57 Å². The minimum atomic E-state index is 0.434. The van der Waals surface area contributed by atoms with E-state index >= 15 is 0 Å². The first-order valence-corrected chi connectivity index (χ1v) is 12.8. The molecule has 3 rings (SSSR count). The van der Waals surface area contributed by atoms with Crippen LogP contribution in [0.2, 0.25) is 0 Å². The van der Waals surface area contributed by atoms with E-state index in [4.69, 9.17) is 0 Å². The number of hydrogen-bond donors (Lipinski definition) is 0. The van der Waals surface area contributed by atoms with E-state index in [2.05, 4.69) is 62.3 Å². The third-order valence-corrected chi connectivity index (χ3v) is 8.98. The second-order valence-corrected chi connectivity index (χ2v) is 11.2. The van der Waals surface area contributed by atoms with Gasteiger partial charge in [0, 0.05) is 0 Å². The highest BCUT2D eigenvalue weighted by Gasteiger charge is 2.36. The molecule has 0 amide bonds. The van der Waals surface area contributed by atoms with Gasteiger partial charge in [-0.1, -0.05) is 44.1 Å². The van der Waals surface area contributed by atoms with Crippen LogP contribution in [0.4, 0.5) is 0 Å². The predicted molar refractivity (Wildman–Crippen MR) is 131 cm³/mol. The summed E-state index contributed by atoms with van der Waals surface area (Å²) in [5, 5.41) is 0. The molecule has 3 nitrogen and oxygen atoms in total. The maximum Gasteiger partial charge on any atom is -0.00160 e. The summed E-state index contributed by atoms with van der Waals surface area (Å²) in [6.07, 6.45) is 13.2. The van der Waals surface area contributed by atoms with Gasteiger partial charge in [0.15, 0.2) is 0 Å². The van der Waals surface area contributed by atoms with E-state index < -0.39 is 0 Å². The second-order valence-electron chi connectivity index (χ2n) is 11.2. The topological polar surface area (TPSA) is 9.72 Å². The molecule has 1 unspecified atom stereocenters. The molecule has 0 bridgehead atoms. The van der Waals surface area contributed by atoms with Crippen molar-refractivity contribution in [2.45, 2.75) is 65.2 Å². The van der Waals surface area contributed by atoms with Gasteiger partial charge in [-0.3, -0.25) is 0 Å². The van der Waals surface area contributed by atoms with Gasteiger partial charge in [0.05, 0.1) is 0 Å². The lowest BCUT2D eigenvalue weighted by Crippen LogP contribution is -2.39. The first-order valence-electron chi connectivity index (χ1n) is 12.8. The largest absolute Gasteiger partial charge is 0.306 e. The molecule has 3 heterocycles. The summed E-state index contributed by atoms with van der Waals surface area (Å²) in [4.78, 5) is 7.50. The average Bonchev–Trinajstić information content (AvgIpc) is 2.74. The zero-order valence-corrected chi connectivity index (χ0v) is 20.8. The molecule has 0 radical (unpaired) electrons. The first-order chi connectivity index (χ1) is 14.3. The van der Waals surface area contributed by atoms with Gasteiger partial charge < -0.3 is 14.7 Å². The van der Waals surface area contributed by atoms with Gasteiger partial charge in [-0.15, -0.1) is 0 Å². The molecule has 1 atom stereocenters. The third kappa shape index (κ3) is 6.20. The van der Waals surface area contributed by atoms with Gasteiger partial charge in [-0.05, 0) is 129 Å². The van der Waals surface area contributed by atoms with E-state index in [1.165, 1.54) is 96.2 Å². The fourth-order valence-corrected chi connectivity index (χ4v) is 6.16. The van der Waals surface area contributed by atoms with Crippen LogP contribution < -0.4 is 0 Å². The van der Waals surface area contributed by atoms with Gasteiger partial charge >= 0.3 is 0 Å². The first kappa shape index (κ1) is 24.0. The molecule has 0 aliphatic carbocycles. The van der Waals surface area contributed by atoms with Crippen molar-refractivity contribution in [2.75, 3.05) is 60.4 Å². The molecule has 0 aromatic carbocycles. The summed E-state index contributed by atoms with van der Waals surface area (Å²) in [6.45, 7) is 17.2. The van der Waals surface area contributed by atoms with Crippen molar-refractivity contribution in [1.29, 1.82) is 0 Å². The van der Waals surface area contributed by atoms with Crippen LogP contribution in [-0.2, 0) is 0 Å². The molecule has 0 aromatic heterocycles. The van der Waals surface area contributed by atoms with E-state index in [-0.39, 0.29) is 0 Å². The van der Waals surface area contributed by atoms with Crippen LogP contribution >= 0.6 is 0 Å². The van der Waals surface area contributed by atoms with Crippen molar-refractivity contribution in [1.82, 2.24) is 14.7 Å². The van der Waals surface area contributed by atoms with E-state index in [0.29, 0.717) is 11.3 Å². The number of likely N-dealkylation sites (tertiary alicyclic amines) is 3. The summed E-state index contributed by atoms with van der Waals surface area (Å²) >= 11 is 0. The van der Waals surface area contributed by atoms with E-state index in [1.807, 2.05) is 0 Å². The molecule has 3 heteroatoms. The van der Waals surface area contributed by atoms with Crippen molar-refractivity contribution in [3.8, 4) is 0 Å². The third-order valence-electron chi connectivity index (χ3n) is 8.98. The highest BCUT2D eigenvalue weighted by molar-refractivity contribution is 5.27. The standard InChI is InChI=1S/C27H49N3/c1-7-27(3,26-12-18-30(6)19-13-26)21-25(24-10-16-29(5)17-11-24)20-22(2)23-8-14-28(4)15-9-23/h20,23-24,26H,2,7-19,21H2,1,3-6H3/b25-20+. The minimum Gasteiger partial charge on any atom is -0.306 e. The molecule has 3 fully saturated rings. The summed E-state index contributed by atoms with van der Waals surface area (Å²) in [5.74, 6) is 2.32. The zero-order chi connectivity index (χ0) is 21.7. The molecule has 3 aliphatic rings. The van der Waals surface area contributed by atoms with Crippen molar-refractivity contribution in [3.63, 3.8) is 0 Å². The van der Waals surface area contributed by atoms with E-state index in [0.717, 1.165) is 11.8 Å². The highest BCUT2D eigenvalue weighted by Crippen LogP contribution is 2.45. The maximum absolute atomic E-state index is 4.62. The Hall–Kier alpha value is -0.640. The van der Waals surface area contributed by atoms with Gasteiger partial charge in [0.1, 0.15) is 0 Å². The van der Waals surface area contributed by atoms with Gasteiger partial charge in [0.2, 0.25) is 0 Å². The molecular formula is C27H49N3. The number of nitrogens with zero attached hydrogens (tertiary/aromatic N) is 3. The Morgan fingerprint density at radius 3 is 1.70 bits per heavy atom. The lowest BCUT2D eigenvalue weighted by Gasteiger charge is -2.44. The normalized spacial score (nSPS) is 27.3. The maximum atomic E-state index is 4.62. The molecule has 0 spiro atoms. The number of allylic oxidation sites excluding steroid dienone is 3. The van der Waals surface area contributed by atoms with Crippen LogP contribution in [0.5, 0.6) is 0 Å². The monoisotopic (exact) mass is 415 g/mol. The molecule has 3 saturated heterocycles.